The standard InChI is InChI=1S/C16H14ClF2NO2/c1-22-14(10-5-2-3-6-11(10)17)9-20-16(21)15-12(18)7-4-8-13(15)19/h2-8,14H,9H2,1H3,(H,20,21)/t14-/m1/s1. The zero-order valence-corrected chi connectivity index (χ0v) is 12.5. The van der Waals surface area contributed by atoms with Gasteiger partial charge in [-0.1, -0.05) is 35.9 Å². The highest BCUT2D eigenvalue weighted by Crippen LogP contribution is 2.24. The average molecular weight is 326 g/mol. The molecule has 116 valence electrons. The number of ether oxygens (including phenoxy) is 1. The lowest BCUT2D eigenvalue weighted by atomic mass is 10.1. The lowest BCUT2D eigenvalue weighted by Gasteiger charge is -2.18. The fourth-order valence-electron chi connectivity index (χ4n) is 2.04. The molecule has 1 amide bonds. The number of hydrogen-bond donors (Lipinski definition) is 1. The molecule has 0 aliphatic carbocycles. The van der Waals surface area contributed by atoms with Crippen molar-refractivity contribution in [3.63, 3.8) is 0 Å². The van der Waals surface area contributed by atoms with Crippen molar-refractivity contribution in [1.82, 2.24) is 5.32 Å². The Labute approximate surface area is 131 Å². The Hall–Kier alpha value is -1.98. The van der Waals surface area contributed by atoms with Gasteiger partial charge in [0.1, 0.15) is 23.3 Å². The van der Waals surface area contributed by atoms with Crippen LogP contribution in [-0.2, 0) is 4.74 Å². The van der Waals surface area contributed by atoms with E-state index < -0.39 is 29.2 Å². The maximum Gasteiger partial charge on any atom is 0.257 e. The number of methoxy groups -OCH3 is 1. The summed E-state index contributed by atoms with van der Waals surface area (Å²) in [6.45, 7) is 0.0346. The monoisotopic (exact) mass is 325 g/mol. The lowest BCUT2D eigenvalue weighted by molar-refractivity contribution is 0.0822. The number of carbonyl (C=O) groups is 1. The SMILES string of the molecule is CO[C@H](CNC(=O)c1c(F)cccc1F)c1ccccc1Cl. The van der Waals surface area contributed by atoms with Crippen molar-refractivity contribution in [2.24, 2.45) is 0 Å². The predicted octanol–water partition coefficient (Wildman–Crippen LogP) is 3.74. The predicted molar refractivity (Wildman–Crippen MR) is 79.9 cm³/mol. The summed E-state index contributed by atoms with van der Waals surface area (Å²) in [6, 6.07) is 10.3. The van der Waals surface area contributed by atoms with Gasteiger partial charge in [0.2, 0.25) is 0 Å². The van der Waals surface area contributed by atoms with Crippen LogP contribution in [0, 0.1) is 11.6 Å². The topological polar surface area (TPSA) is 38.3 Å². The molecule has 0 unspecified atom stereocenters. The maximum atomic E-state index is 13.5. The Morgan fingerprint density at radius 3 is 2.41 bits per heavy atom. The largest absolute Gasteiger partial charge is 0.375 e. The van der Waals surface area contributed by atoms with Crippen molar-refractivity contribution in [2.45, 2.75) is 6.10 Å². The van der Waals surface area contributed by atoms with Crippen molar-refractivity contribution in [3.8, 4) is 0 Å². The first-order valence-electron chi connectivity index (χ1n) is 6.54. The quantitative estimate of drug-likeness (QED) is 0.909. The van der Waals surface area contributed by atoms with Crippen LogP contribution in [0.4, 0.5) is 8.78 Å². The Morgan fingerprint density at radius 2 is 1.82 bits per heavy atom. The van der Waals surface area contributed by atoms with E-state index in [4.69, 9.17) is 16.3 Å². The van der Waals surface area contributed by atoms with Crippen molar-refractivity contribution in [3.05, 3.63) is 70.2 Å². The van der Waals surface area contributed by atoms with E-state index in [0.717, 1.165) is 12.1 Å². The van der Waals surface area contributed by atoms with Crippen molar-refractivity contribution < 1.29 is 18.3 Å². The number of amides is 1. The van der Waals surface area contributed by atoms with Gasteiger partial charge >= 0.3 is 0 Å². The molecule has 2 aromatic rings. The van der Waals surface area contributed by atoms with Gasteiger partial charge in [-0.05, 0) is 18.2 Å². The van der Waals surface area contributed by atoms with Crippen molar-refractivity contribution >= 4 is 17.5 Å². The van der Waals surface area contributed by atoms with Crippen LogP contribution < -0.4 is 5.32 Å². The molecule has 0 heterocycles. The van der Waals surface area contributed by atoms with E-state index in [1.54, 1.807) is 24.3 Å². The van der Waals surface area contributed by atoms with Gasteiger partial charge in [0, 0.05) is 24.2 Å². The van der Waals surface area contributed by atoms with Gasteiger partial charge in [0.25, 0.3) is 5.91 Å². The third-order valence-corrected chi connectivity index (χ3v) is 3.52. The highest BCUT2D eigenvalue weighted by atomic mass is 35.5. The second-order valence-electron chi connectivity index (χ2n) is 4.55. The molecule has 0 aliphatic heterocycles. The third kappa shape index (κ3) is 3.61. The normalized spacial score (nSPS) is 12.0. The van der Waals surface area contributed by atoms with Gasteiger partial charge in [-0.3, -0.25) is 4.79 Å². The molecule has 0 radical (unpaired) electrons. The molecule has 1 N–H and O–H groups in total. The van der Waals surface area contributed by atoms with Crippen LogP contribution in [0.25, 0.3) is 0 Å². The highest BCUT2D eigenvalue weighted by molar-refractivity contribution is 6.31. The number of hydrogen-bond acceptors (Lipinski definition) is 2. The molecule has 0 bridgehead atoms. The number of rotatable bonds is 5. The fourth-order valence-corrected chi connectivity index (χ4v) is 2.30. The van der Waals surface area contributed by atoms with Gasteiger partial charge < -0.3 is 10.1 Å². The molecular formula is C16H14ClF2NO2. The van der Waals surface area contributed by atoms with E-state index in [1.165, 1.54) is 13.2 Å². The second-order valence-corrected chi connectivity index (χ2v) is 4.96. The third-order valence-electron chi connectivity index (χ3n) is 3.17. The molecule has 0 aliphatic rings. The Kier molecular flexibility index (Phi) is 5.46. The van der Waals surface area contributed by atoms with E-state index in [2.05, 4.69) is 5.32 Å². The van der Waals surface area contributed by atoms with Gasteiger partial charge in [-0.15, -0.1) is 0 Å². The Balaban J connectivity index is 2.11. The minimum absolute atomic E-state index is 0.0346. The molecule has 0 fully saturated rings. The van der Waals surface area contributed by atoms with Crippen LogP contribution >= 0.6 is 11.6 Å². The summed E-state index contributed by atoms with van der Waals surface area (Å²) in [5.74, 6) is -2.67. The van der Waals surface area contributed by atoms with Crippen LogP contribution in [0.5, 0.6) is 0 Å². The Bertz CT molecular complexity index is 659. The molecule has 22 heavy (non-hydrogen) atoms. The fraction of sp³-hybridized carbons (Fsp3) is 0.188. The van der Waals surface area contributed by atoms with E-state index in [1.807, 2.05) is 0 Å². The van der Waals surface area contributed by atoms with Crippen LogP contribution in [0.2, 0.25) is 5.02 Å². The molecule has 0 spiro atoms. The molecule has 6 heteroatoms. The van der Waals surface area contributed by atoms with Crippen molar-refractivity contribution in [1.29, 1.82) is 0 Å². The van der Waals surface area contributed by atoms with E-state index in [0.29, 0.717) is 10.6 Å². The van der Waals surface area contributed by atoms with Crippen LogP contribution in [0.15, 0.2) is 42.5 Å². The Morgan fingerprint density at radius 1 is 1.18 bits per heavy atom. The maximum absolute atomic E-state index is 13.5. The van der Waals surface area contributed by atoms with E-state index >= 15 is 0 Å². The number of benzene rings is 2. The van der Waals surface area contributed by atoms with Crippen molar-refractivity contribution in [2.75, 3.05) is 13.7 Å². The van der Waals surface area contributed by atoms with Crippen LogP contribution in [-0.4, -0.2) is 19.6 Å². The average Bonchev–Trinajstić information content (AvgIpc) is 2.49. The summed E-state index contributed by atoms with van der Waals surface area (Å²) >= 11 is 6.07. The van der Waals surface area contributed by atoms with E-state index in [9.17, 15) is 13.6 Å². The summed E-state index contributed by atoms with van der Waals surface area (Å²) in [7, 11) is 1.46. The van der Waals surface area contributed by atoms with E-state index in [-0.39, 0.29) is 6.54 Å². The van der Waals surface area contributed by atoms with Gasteiger partial charge in [-0.25, -0.2) is 8.78 Å². The van der Waals surface area contributed by atoms with Crippen LogP contribution in [0.1, 0.15) is 22.0 Å². The molecular weight excluding hydrogens is 312 g/mol. The molecule has 0 saturated heterocycles. The summed E-state index contributed by atoms with van der Waals surface area (Å²) in [4.78, 5) is 11.9. The smallest absolute Gasteiger partial charge is 0.257 e. The molecule has 0 aromatic heterocycles. The molecule has 0 saturated carbocycles. The first-order chi connectivity index (χ1) is 10.5. The van der Waals surface area contributed by atoms with Gasteiger partial charge in [0.15, 0.2) is 0 Å². The lowest BCUT2D eigenvalue weighted by Crippen LogP contribution is -2.30. The minimum atomic E-state index is -0.913. The summed E-state index contributed by atoms with van der Waals surface area (Å²) in [5, 5.41) is 2.94. The van der Waals surface area contributed by atoms with Gasteiger partial charge in [-0.2, -0.15) is 0 Å². The molecule has 2 rings (SSSR count). The van der Waals surface area contributed by atoms with Gasteiger partial charge in [0.05, 0.1) is 0 Å². The summed E-state index contributed by atoms with van der Waals surface area (Å²) in [5.41, 5.74) is 0.0671. The molecule has 3 nitrogen and oxygen atoms in total. The summed E-state index contributed by atoms with van der Waals surface area (Å²) < 4.78 is 32.4. The highest BCUT2D eigenvalue weighted by Gasteiger charge is 2.19. The second kappa shape index (κ2) is 7.33. The molecule has 1 atom stereocenters. The summed E-state index contributed by atoms with van der Waals surface area (Å²) in [6.07, 6.45) is -0.521. The number of carbonyl (C=O) groups excluding carboxylic acids is 1. The minimum Gasteiger partial charge on any atom is -0.375 e. The first kappa shape index (κ1) is 16.4. The zero-order valence-electron chi connectivity index (χ0n) is 11.8. The first-order valence-corrected chi connectivity index (χ1v) is 6.91. The molecule has 2 aromatic carbocycles. The zero-order chi connectivity index (χ0) is 16.1. The van der Waals surface area contributed by atoms with Crippen LogP contribution in [0.3, 0.4) is 0 Å². The number of halogens is 3. The number of nitrogens with one attached hydrogen (secondary N) is 1.